The summed E-state index contributed by atoms with van der Waals surface area (Å²) in [5.74, 6) is 0.834. The molecule has 6 heteroatoms. The summed E-state index contributed by atoms with van der Waals surface area (Å²) >= 11 is 0. The lowest BCUT2D eigenvalue weighted by Gasteiger charge is -2.17. The lowest BCUT2D eigenvalue weighted by molar-refractivity contribution is -0.00218. The predicted octanol–water partition coefficient (Wildman–Crippen LogP) is 1.04. The highest BCUT2D eigenvalue weighted by Gasteiger charge is 2.10. The third-order valence-corrected chi connectivity index (χ3v) is 3.28. The number of ether oxygens (including phenoxy) is 1. The number of nitrogens with zero attached hydrogens (tertiary/aromatic N) is 3. The minimum absolute atomic E-state index is 0.0282. The van der Waals surface area contributed by atoms with Gasteiger partial charge in [0, 0.05) is 13.6 Å². The fourth-order valence-corrected chi connectivity index (χ4v) is 1.95. The molecule has 6 nitrogen and oxygen atoms in total. The van der Waals surface area contributed by atoms with Crippen LogP contribution in [-0.4, -0.2) is 39.1 Å². The molecule has 1 aromatic carbocycles. The fourth-order valence-electron chi connectivity index (χ4n) is 1.95. The van der Waals surface area contributed by atoms with E-state index in [2.05, 4.69) is 15.5 Å². The van der Waals surface area contributed by atoms with Crippen molar-refractivity contribution in [2.24, 2.45) is 7.05 Å². The SMILES string of the molecule is CC(OCC(O)CNCc1nncn1C)c1ccccc1. The quantitative estimate of drug-likeness (QED) is 0.760. The molecule has 0 aliphatic rings. The minimum Gasteiger partial charge on any atom is -0.389 e. The van der Waals surface area contributed by atoms with Gasteiger partial charge in [0.2, 0.25) is 0 Å². The Balaban J connectivity index is 1.65. The number of nitrogens with one attached hydrogen (secondary N) is 1. The van der Waals surface area contributed by atoms with Crippen LogP contribution in [-0.2, 0) is 18.3 Å². The molecule has 0 fully saturated rings. The number of hydrogen-bond acceptors (Lipinski definition) is 5. The topological polar surface area (TPSA) is 72.2 Å². The van der Waals surface area contributed by atoms with Gasteiger partial charge in [0.15, 0.2) is 0 Å². The lowest BCUT2D eigenvalue weighted by Crippen LogP contribution is -2.31. The van der Waals surface area contributed by atoms with Crippen molar-refractivity contribution in [3.63, 3.8) is 0 Å². The summed E-state index contributed by atoms with van der Waals surface area (Å²) in [5, 5.41) is 20.8. The lowest BCUT2D eigenvalue weighted by atomic mass is 10.1. The molecule has 2 atom stereocenters. The Labute approximate surface area is 124 Å². The zero-order chi connectivity index (χ0) is 15.1. The maximum atomic E-state index is 9.91. The van der Waals surface area contributed by atoms with Crippen molar-refractivity contribution in [1.29, 1.82) is 0 Å². The molecular weight excluding hydrogens is 268 g/mol. The highest BCUT2D eigenvalue weighted by atomic mass is 16.5. The smallest absolute Gasteiger partial charge is 0.146 e. The molecule has 0 amide bonds. The molecule has 2 N–H and O–H groups in total. The second-order valence-corrected chi connectivity index (χ2v) is 5.03. The highest BCUT2D eigenvalue weighted by molar-refractivity contribution is 5.16. The normalized spacial score (nSPS) is 14.0. The summed E-state index contributed by atoms with van der Waals surface area (Å²) in [6.07, 6.45) is 1.07. The van der Waals surface area contributed by atoms with E-state index >= 15 is 0 Å². The summed E-state index contributed by atoms with van der Waals surface area (Å²) in [5.41, 5.74) is 1.11. The first kappa shape index (κ1) is 15.6. The Hall–Kier alpha value is -1.76. The van der Waals surface area contributed by atoms with Crippen LogP contribution in [0.5, 0.6) is 0 Å². The van der Waals surface area contributed by atoms with Crippen molar-refractivity contribution in [2.45, 2.75) is 25.7 Å². The first-order chi connectivity index (χ1) is 10.2. The molecule has 0 aliphatic carbocycles. The zero-order valence-electron chi connectivity index (χ0n) is 12.4. The summed E-state index contributed by atoms with van der Waals surface area (Å²) < 4.78 is 7.52. The van der Waals surface area contributed by atoms with Crippen LogP contribution < -0.4 is 5.32 Å². The average molecular weight is 290 g/mol. The molecule has 0 spiro atoms. The number of benzene rings is 1. The van der Waals surface area contributed by atoms with Crippen LogP contribution in [0.1, 0.15) is 24.4 Å². The standard InChI is InChI=1S/C15H22N4O2/c1-12(13-6-4-3-5-7-13)21-10-14(20)8-16-9-15-18-17-11-19(15)2/h3-7,11-12,14,16,20H,8-10H2,1-2H3. The van der Waals surface area contributed by atoms with Crippen LogP contribution in [0.4, 0.5) is 0 Å². The van der Waals surface area contributed by atoms with Gasteiger partial charge in [0.1, 0.15) is 12.2 Å². The molecule has 0 saturated heterocycles. The molecule has 1 heterocycles. The Bertz CT molecular complexity index is 529. The van der Waals surface area contributed by atoms with Gasteiger partial charge >= 0.3 is 0 Å². The number of rotatable bonds is 8. The number of aliphatic hydroxyl groups excluding tert-OH is 1. The monoisotopic (exact) mass is 290 g/mol. The van der Waals surface area contributed by atoms with Gasteiger partial charge in [-0.2, -0.15) is 0 Å². The van der Waals surface area contributed by atoms with Gasteiger partial charge in [-0.15, -0.1) is 10.2 Å². The van der Waals surface area contributed by atoms with E-state index in [1.54, 1.807) is 6.33 Å². The van der Waals surface area contributed by atoms with E-state index in [9.17, 15) is 5.11 Å². The van der Waals surface area contributed by atoms with E-state index < -0.39 is 6.10 Å². The van der Waals surface area contributed by atoms with Crippen molar-refractivity contribution in [1.82, 2.24) is 20.1 Å². The maximum Gasteiger partial charge on any atom is 0.146 e. The molecule has 2 rings (SSSR count). The molecule has 2 unspecified atom stereocenters. The summed E-state index contributed by atoms with van der Waals surface area (Å²) in [7, 11) is 1.89. The van der Waals surface area contributed by atoms with Crippen LogP contribution >= 0.6 is 0 Å². The second-order valence-electron chi connectivity index (χ2n) is 5.03. The van der Waals surface area contributed by atoms with E-state index in [1.165, 1.54) is 0 Å². The molecule has 21 heavy (non-hydrogen) atoms. The van der Waals surface area contributed by atoms with Gasteiger partial charge in [-0.1, -0.05) is 30.3 Å². The van der Waals surface area contributed by atoms with Gasteiger partial charge in [0.05, 0.1) is 25.4 Å². The molecule has 1 aromatic heterocycles. The Morgan fingerprint density at radius 3 is 2.76 bits per heavy atom. The molecule has 2 aromatic rings. The van der Waals surface area contributed by atoms with Crippen LogP contribution in [0.3, 0.4) is 0 Å². The molecule has 0 bridgehead atoms. The zero-order valence-corrected chi connectivity index (χ0v) is 12.4. The maximum absolute atomic E-state index is 9.91. The molecule has 0 radical (unpaired) electrons. The van der Waals surface area contributed by atoms with Crippen molar-refractivity contribution < 1.29 is 9.84 Å². The molecule has 0 aliphatic heterocycles. The number of aromatic nitrogens is 3. The first-order valence-corrected chi connectivity index (χ1v) is 7.05. The van der Waals surface area contributed by atoms with E-state index in [0.29, 0.717) is 19.7 Å². The summed E-state index contributed by atoms with van der Waals surface area (Å²) in [4.78, 5) is 0. The van der Waals surface area contributed by atoms with Crippen LogP contribution in [0.2, 0.25) is 0 Å². The summed E-state index contributed by atoms with van der Waals surface area (Å²) in [6, 6.07) is 9.97. The van der Waals surface area contributed by atoms with Crippen LogP contribution in [0, 0.1) is 0 Å². The minimum atomic E-state index is -0.551. The summed E-state index contributed by atoms with van der Waals surface area (Å²) in [6.45, 7) is 3.30. The van der Waals surface area contributed by atoms with Gasteiger partial charge in [0.25, 0.3) is 0 Å². The second kappa shape index (κ2) is 7.87. The fraction of sp³-hybridized carbons (Fsp3) is 0.467. The van der Waals surface area contributed by atoms with E-state index in [1.807, 2.05) is 48.9 Å². The number of aliphatic hydroxyl groups is 1. The predicted molar refractivity (Wildman–Crippen MR) is 79.5 cm³/mol. The number of hydrogen-bond donors (Lipinski definition) is 2. The van der Waals surface area contributed by atoms with Crippen LogP contribution in [0.25, 0.3) is 0 Å². The van der Waals surface area contributed by atoms with Crippen molar-refractivity contribution in [3.8, 4) is 0 Å². The average Bonchev–Trinajstić information content (AvgIpc) is 2.91. The van der Waals surface area contributed by atoms with Gasteiger partial charge in [-0.05, 0) is 12.5 Å². The van der Waals surface area contributed by atoms with Gasteiger partial charge in [-0.3, -0.25) is 0 Å². The molecular formula is C15H22N4O2. The molecule has 114 valence electrons. The largest absolute Gasteiger partial charge is 0.389 e. The van der Waals surface area contributed by atoms with E-state index in [-0.39, 0.29) is 6.10 Å². The Morgan fingerprint density at radius 2 is 2.10 bits per heavy atom. The first-order valence-electron chi connectivity index (χ1n) is 7.05. The number of aryl methyl sites for hydroxylation is 1. The van der Waals surface area contributed by atoms with E-state index in [0.717, 1.165) is 11.4 Å². The van der Waals surface area contributed by atoms with Crippen molar-refractivity contribution in [3.05, 3.63) is 48.0 Å². The van der Waals surface area contributed by atoms with Gasteiger partial charge < -0.3 is 19.7 Å². The van der Waals surface area contributed by atoms with E-state index in [4.69, 9.17) is 4.74 Å². The Kier molecular flexibility index (Phi) is 5.86. The van der Waals surface area contributed by atoms with Gasteiger partial charge in [-0.25, -0.2) is 0 Å². The van der Waals surface area contributed by atoms with Crippen LogP contribution in [0.15, 0.2) is 36.7 Å². The van der Waals surface area contributed by atoms with Crippen molar-refractivity contribution >= 4 is 0 Å². The highest BCUT2D eigenvalue weighted by Crippen LogP contribution is 2.15. The third kappa shape index (κ3) is 4.93. The Morgan fingerprint density at radius 1 is 1.33 bits per heavy atom. The third-order valence-electron chi connectivity index (χ3n) is 3.28. The molecule has 0 saturated carbocycles. The van der Waals surface area contributed by atoms with Crippen molar-refractivity contribution in [2.75, 3.05) is 13.2 Å².